The third-order valence-corrected chi connectivity index (χ3v) is 3.58. The molecule has 1 heterocycles. The number of halogens is 1. The van der Waals surface area contributed by atoms with E-state index in [4.69, 9.17) is 10.5 Å². The van der Waals surface area contributed by atoms with Crippen molar-refractivity contribution in [2.45, 2.75) is 13.5 Å². The maximum atomic E-state index is 5.93. The normalized spacial score (nSPS) is 16.5. The molecule has 1 aromatic carbocycles. The number of methoxy groups -OCH3 is 1. The standard InChI is InChI=1S/C15H24N4O.HI/c1-3-17-15(16)19-10-8-18(9-11-19)12-13-4-6-14(20-2)7-5-13;/h4-7H,3,8-12H2,1-2H3,(H2,16,17);1H. The molecule has 0 aromatic heterocycles. The number of hydrogen-bond acceptors (Lipinski definition) is 3. The summed E-state index contributed by atoms with van der Waals surface area (Å²) in [5, 5.41) is 0. The zero-order valence-corrected chi connectivity index (χ0v) is 15.1. The molecule has 0 unspecified atom stereocenters. The van der Waals surface area contributed by atoms with Crippen molar-refractivity contribution in [3.8, 4) is 5.75 Å². The van der Waals surface area contributed by atoms with E-state index < -0.39 is 0 Å². The topological polar surface area (TPSA) is 54.1 Å². The summed E-state index contributed by atoms with van der Waals surface area (Å²) < 4.78 is 5.18. The molecule has 21 heavy (non-hydrogen) atoms. The van der Waals surface area contributed by atoms with E-state index >= 15 is 0 Å². The summed E-state index contributed by atoms with van der Waals surface area (Å²) in [6, 6.07) is 8.27. The maximum absolute atomic E-state index is 5.93. The Labute approximate surface area is 144 Å². The van der Waals surface area contributed by atoms with Crippen LogP contribution in [0.5, 0.6) is 5.75 Å². The minimum absolute atomic E-state index is 0. The third-order valence-electron chi connectivity index (χ3n) is 3.58. The second-order valence-electron chi connectivity index (χ2n) is 4.94. The van der Waals surface area contributed by atoms with Gasteiger partial charge in [0.25, 0.3) is 0 Å². The highest BCUT2D eigenvalue weighted by Gasteiger charge is 2.18. The van der Waals surface area contributed by atoms with Gasteiger partial charge in [0.15, 0.2) is 5.96 Å². The Morgan fingerprint density at radius 2 is 1.81 bits per heavy atom. The molecule has 0 radical (unpaired) electrons. The Balaban J connectivity index is 0.00000220. The molecule has 0 bridgehead atoms. The summed E-state index contributed by atoms with van der Waals surface area (Å²) >= 11 is 0. The quantitative estimate of drug-likeness (QED) is 0.472. The molecule has 1 aliphatic rings. The van der Waals surface area contributed by atoms with Crippen molar-refractivity contribution in [3.63, 3.8) is 0 Å². The lowest BCUT2D eigenvalue weighted by molar-refractivity contribution is 0.174. The molecule has 0 aliphatic carbocycles. The highest BCUT2D eigenvalue weighted by molar-refractivity contribution is 14.0. The number of guanidine groups is 1. The largest absolute Gasteiger partial charge is 0.497 e. The first-order valence-electron chi connectivity index (χ1n) is 7.13. The van der Waals surface area contributed by atoms with E-state index in [1.54, 1.807) is 7.11 Å². The van der Waals surface area contributed by atoms with Crippen LogP contribution < -0.4 is 10.5 Å². The van der Waals surface area contributed by atoms with Gasteiger partial charge in [-0.2, -0.15) is 0 Å². The monoisotopic (exact) mass is 404 g/mol. The van der Waals surface area contributed by atoms with Crippen LogP contribution in [0.3, 0.4) is 0 Å². The highest BCUT2D eigenvalue weighted by atomic mass is 127. The van der Waals surface area contributed by atoms with Crippen molar-refractivity contribution in [2.24, 2.45) is 10.7 Å². The van der Waals surface area contributed by atoms with E-state index in [2.05, 4.69) is 26.9 Å². The Morgan fingerprint density at radius 3 is 2.33 bits per heavy atom. The van der Waals surface area contributed by atoms with E-state index in [1.807, 2.05) is 19.1 Å². The smallest absolute Gasteiger partial charge is 0.191 e. The van der Waals surface area contributed by atoms with Gasteiger partial charge in [0.2, 0.25) is 0 Å². The molecule has 0 amide bonds. The molecule has 1 aromatic rings. The number of benzene rings is 1. The van der Waals surface area contributed by atoms with Crippen LogP contribution in [0.1, 0.15) is 12.5 Å². The van der Waals surface area contributed by atoms with Crippen LogP contribution in [-0.4, -0.2) is 55.6 Å². The second kappa shape index (κ2) is 9.09. The van der Waals surface area contributed by atoms with Gasteiger partial charge in [-0.3, -0.25) is 9.89 Å². The summed E-state index contributed by atoms with van der Waals surface area (Å²) in [5.74, 6) is 1.58. The average molecular weight is 404 g/mol. The highest BCUT2D eigenvalue weighted by Crippen LogP contribution is 2.14. The molecule has 118 valence electrons. The predicted octanol–water partition coefficient (Wildman–Crippen LogP) is 1.77. The zero-order chi connectivity index (χ0) is 14.4. The van der Waals surface area contributed by atoms with Crippen molar-refractivity contribution in [1.82, 2.24) is 9.80 Å². The SMILES string of the molecule is CCN=C(N)N1CCN(Cc2ccc(OC)cc2)CC1.I. The zero-order valence-electron chi connectivity index (χ0n) is 12.8. The maximum Gasteiger partial charge on any atom is 0.191 e. The van der Waals surface area contributed by atoms with Crippen molar-refractivity contribution >= 4 is 29.9 Å². The molecule has 0 saturated carbocycles. The van der Waals surface area contributed by atoms with Gasteiger partial charge in [-0.15, -0.1) is 24.0 Å². The summed E-state index contributed by atoms with van der Waals surface area (Å²) in [6.45, 7) is 7.67. The molecular formula is C15H25IN4O. The van der Waals surface area contributed by atoms with E-state index in [0.717, 1.165) is 45.0 Å². The fourth-order valence-corrected chi connectivity index (χ4v) is 2.39. The molecule has 1 saturated heterocycles. The number of rotatable bonds is 4. The van der Waals surface area contributed by atoms with Crippen molar-refractivity contribution in [2.75, 3.05) is 39.8 Å². The summed E-state index contributed by atoms with van der Waals surface area (Å²) in [6.07, 6.45) is 0. The lowest BCUT2D eigenvalue weighted by Crippen LogP contribution is -2.50. The van der Waals surface area contributed by atoms with E-state index in [-0.39, 0.29) is 24.0 Å². The van der Waals surface area contributed by atoms with Crippen LogP contribution in [0.15, 0.2) is 29.3 Å². The lowest BCUT2D eigenvalue weighted by atomic mass is 10.2. The first-order chi connectivity index (χ1) is 9.72. The number of aliphatic imine (C=N–C) groups is 1. The minimum atomic E-state index is 0. The fraction of sp³-hybridized carbons (Fsp3) is 0.533. The number of nitrogens with zero attached hydrogens (tertiary/aromatic N) is 3. The molecule has 0 atom stereocenters. The van der Waals surface area contributed by atoms with Gasteiger partial charge in [-0.05, 0) is 24.6 Å². The third kappa shape index (κ3) is 5.35. The van der Waals surface area contributed by atoms with Gasteiger partial charge in [-0.1, -0.05) is 12.1 Å². The Bertz CT molecular complexity index is 441. The summed E-state index contributed by atoms with van der Waals surface area (Å²) in [7, 11) is 1.69. The predicted molar refractivity (Wildman–Crippen MR) is 97.4 cm³/mol. The van der Waals surface area contributed by atoms with Gasteiger partial charge in [-0.25, -0.2) is 0 Å². The van der Waals surface area contributed by atoms with Crippen LogP contribution in [0.2, 0.25) is 0 Å². The average Bonchev–Trinajstić information content (AvgIpc) is 2.49. The molecule has 2 N–H and O–H groups in total. The van der Waals surface area contributed by atoms with Crippen molar-refractivity contribution in [1.29, 1.82) is 0 Å². The number of nitrogens with two attached hydrogens (primary N) is 1. The first-order valence-corrected chi connectivity index (χ1v) is 7.13. The molecule has 6 heteroatoms. The fourth-order valence-electron chi connectivity index (χ4n) is 2.39. The molecule has 1 fully saturated rings. The van der Waals surface area contributed by atoms with E-state index in [0.29, 0.717) is 5.96 Å². The molecule has 0 spiro atoms. The number of hydrogen-bond donors (Lipinski definition) is 1. The van der Waals surface area contributed by atoms with E-state index in [9.17, 15) is 0 Å². The first kappa shape index (κ1) is 18.0. The molecular weight excluding hydrogens is 379 g/mol. The van der Waals surface area contributed by atoms with E-state index in [1.165, 1.54) is 5.56 Å². The minimum Gasteiger partial charge on any atom is -0.497 e. The Kier molecular flexibility index (Phi) is 7.81. The second-order valence-corrected chi connectivity index (χ2v) is 4.94. The number of ether oxygens (including phenoxy) is 1. The van der Waals surface area contributed by atoms with Crippen LogP contribution >= 0.6 is 24.0 Å². The van der Waals surface area contributed by atoms with Gasteiger partial charge >= 0.3 is 0 Å². The van der Waals surface area contributed by atoms with Gasteiger partial charge in [0.1, 0.15) is 5.75 Å². The lowest BCUT2D eigenvalue weighted by Gasteiger charge is -2.35. The van der Waals surface area contributed by atoms with Crippen molar-refractivity contribution in [3.05, 3.63) is 29.8 Å². The Morgan fingerprint density at radius 1 is 1.19 bits per heavy atom. The molecule has 2 rings (SSSR count). The summed E-state index contributed by atoms with van der Waals surface area (Å²) in [4.78, 5) is 8.87. The van der Waals surface area contributed by atoms with Crippen molar-refractivity contribution < 1.29 is 4.74 Å². The van der Waals surface area contributed by atoms with Crippen LogP contribution in [0, 0.1) is 0 Å². The summed E-state index contributed by atoms with van der Waals surface area (Å²) in [5.41, 5.74) is 7.25. The Hall–Kier alpha value is -1.02. The van der Waals surface area contributed by atoms with Gasteiger partial charge < -0.3 is 15.4 Å². The number of piperazine rings is 1. The van der Waals surface area contributed by atoms with Crippen LogP contribution in [0.25, 0.3) is 0 Å². The molecule has 5 nitrogen and oxygen atoms in total. The van der Waals surface area contributed by atoms with Gasteiger partial charge in [0, 0.05) is 39.3 Å². The molecule has 1 aliphatic heterocycles. The van der Waals surface area contributed by atoms with Crippen LogP contribution in [0.4, 0.5) is 0 Å². The van der Waals surface area contributed by atoms with Gasteiger partial charge in [0.05, 0.1) is 7.11 Å². The van der Waals surface area contributed by atoms with Crippen LogP contribution in [-0.2, 0) is 6.54 Å².